The van der Waals surface area contributed by atoms with Gasteiger partial charge in [0.15, 0.2) is 11.9 Å². The Morgan fingerprint density at radius 3 is 3.00 bits per heavy atom. The Morgan fingerprint density at radius 1 is 1.85 bits per heavy atom. The Labute approximate surface area is 75.3 Å². The summed E-state index contributed by atoms with van der Waals surface area (Å²) in [5, 5.41) is 12.1. The van der Waals surface area contributed by atoms with Crippen LogP contribution < -0.4 is 0 Å². The largest absolute Gasteiger partial charge is 0.479 e. The third-order valence-corrected chi connectivity index (χ3v) is 1.50. The number of rotatable bonds is 4. The van der Waals surface area contributed by atoms with Crippen LogP contribution in [0.2, 0.25) is 0 Å². The molecule has 0 bridgehead atoms. The maximum Gasteiger partial charge on any atom is 0.332 e. The predicted molar refractivity (Wildman–Crippen MR) is 43.1 cm³/mol. The van der Waals surface area contributed by atoms with Crippen molar-refractivity contribution in [2.24, 2.45) is 0 Å². The summed E-state index contributed by atoms with van der Waals surface area (Å²) in [6.07, 6.45) is -0.828. The summed E-state index contributed by atoms with van der Waals surface area (Å²) in [7, 11) is 0. The normalized spacial score (nSPS) is 12.8. The second-order valence-electron chi connectivity index (χ2n) is 2.73. The summed E-state index contributed by atoms with van der Waals surface area (Å²) < 4.78 is 9.80. The minimum absolute atomic E-state index is 0.133. The van der Waals surface area contributed by atoms with Gasteiger partial charge in [0.2, 0.25) is 0 Å². The van der Waals surface area contributed by atoms with E-state index in [1.165, 1.54) is 6.92 Å². The third-order valence-electron chi connectivity index (χ3n) is 1.50. The van der Waals surface area contributed by atoms with Crippen molar-refractivity contribution in [1.82, 2.24) is 5.16 Å². The van der Waals surface area contributed by atoms with Crippen molar-refractivity contribution in [3.05, 3.63) is 17.5 Å². The van der Waals surface area contributed by atoms with Crippen molar-refractivity contribution < 1.29 is 19.2 Å². The second kappa shape index (κ2) is 4.04. The zero-order valence-electron chi connectivity index (χ0n) is 7.48. The van der Waals surface area contributed by atoms with Gasteiger partial charge >= 0.3 is 5.97 Å². The molecule has 0 radical (unpaired) electrons. The molecule has 0 aliphatic rings. The molecule has 0 aliphatic heterocycles. The Balaban J connectivity index is 2.39. The van der Waals surface area contributed by atoms with E-state index in [2.05, 4.69) is 5.16 Å². The van der Waals surface area contributed by atoms with Crippen LogP contribution in [0.25, 0.3) is 0 Å². The van der Waals surface area contributed by atoms with Crippen molar-refractivity contribution in [3.8, 4) is 0 Å². The Bertz CT molecular complexity index is 294. The summed E-state index contributed by atoms with van der Waals surface area (Å²) in [4.78, 5) is 10.4. The molecule has 1 unspecified atom stereocenters. The molecule has 1 N–H and O–H groups in total. The van der Waals surface area contributed by atoms with E-state index in [1.54, 1.807) is 13.0 Å². The van der Waals surface area contributed by atoms with E-state index in [4.69, 9.17) is 14.4 Å². The first kappa shape index (κ1) is 9.73. The number of hydrogen-bond acceptors (Lipinski definition) is 4. The first-order chi connectivity index (χ1) is 6.09. The van der Waals surface area contributed by atoms with Crippen LogP contribution in [-0.4, -0.2) is 22.3 Å². The molecule has 1 aromatic rings. The maximum atomic E-state index is 10.4. The van der Waals surface area contributed by atoms with E-state index in [-0.39, 0.29) is 6.61 Å². The average molecular weight is 185 g/mol. The monoisotopic (exact) mass is 185 g/mol. The van der Waals surface area contributed by atoms with Gasteiger partial charge in [0.25, 0.3) is 0 Å². The lowest BCUT2D eigenvalue weighted by atomic mass is 10.4. The molecule has 0 saturated heterocycles. The number of aliphatic carboxylic acids is 1. The average Bonchev–Trinajstić information content (AvgIpc) is 2.47. The van der Waals surface area contributed by atoms with E-state index in [0.29, 0.717) is 5.76 Å². The number of aromatic nitrogens is 1. The van der Waals surface area contributed by atoms with E-state index in [9.17, 15) is 4.79 Å². The minimum atomic E-state index is -0.990. The van der Waals surface area contributed by atoms with Gasteiger partial charge in [0.1, 0.15) is 6.61 Å². The van der Waals surface area contributed by atoms with E-state index in [1.807, 2.05) is 0 Å². The highest BCUT2D eigenvalue weighted by Crippen LogP contribution is 2.05. The Morgan fingerprint density at radius 2 is 2.54 bits per heavy atom. The molecule has 0 spiro atoms. The molecular weight excluding hydrogens is 174 g/mol. The summed E-state index contributed by atoms with van der Waals surface area (Å²) in [6.45, 7) is 3.38. The molecule has 0 saturated carbocycles. The van der Waals surface area contributed by atoms with Crippen LogP contribution in [0.15, 0.2) is 10.6 Å². The smallest absolute Gasteiger partial charge is 0.332 e. The fraction of sp³-hybridized carbons (Fsp3) is 0.500. The van der Waals surface area contributed by atoms with Crippen LogP contribution in [0.1, 0.15) is 18.4 Å². The highest BCUT2D eigenvalue weighted by molar-refractivity contribution is 5.71. The molecule has 5 nitrogen and oxygen atoms in total. The molecule has 1 aromatic heterocycles. The molecule has 0 aliphatic carbocycles. The lowest BCUT2D eigenvalue weighted by molar-refractivity contribution is -0.150. The first-order valence-electron chi connectivity index (χ1n) is 3.86. The summed E-state index contributed by atoms with van der Waals surface area (Å²) in [6, 6.07) is 1.70. The summed E-state index contributed by atoms with van der Waals surface area (Å²) in [5.74, 6) is -0.457. The van der Waals surface area contributed by atoms with Crippen molar-refractivity contribution in [2.75, 3.05) is 0 Å². The van der Waals surface area contributed by atoms with Crippen molar-refractivity contribution in [1.29, 1.82) is 0 Å². The lowest BCUT2D eigenvalue weighted by Gasteiger charge is -2.04. The molecule has 1 rings (SSSR count). The quantitative estimate of drug-likeness (QED) is 0.756. The van der Waals surface area contributed by atoms with Crippen molar-refractivity contribution in [2.45, 2.75) is 26.6 Å². The summed E-state index contributed by atoms with van der Waals surface area (Å²) >= 11 is 0. The standard InChI is InChI=1S/C8H11NO4/c1-5-3-7(13-9-5)4-12-6(2)8(10)11/h3,6H,4H2,1-2H3,(H,10,11). The SMILES string of the molecule is Cc1cc(COC(C)C(=O)O)on1. The molecule has 13 heavy (non-hydrogen) atoms. The van der Waals surface area contributed by atoms with Gasteiger partial charge in [-0.2, -0.15) is 0 Å². The van der Waals surface area contributed by atoms with Crippen LogP contribution in [0, 0.1) is 6.92 Å². The van der Waals surface area contributed by atoms with Gasteiger partial charge in [0, 0.05) is 6.07 Å². The van der Waals surface area contributed by atoms with E-state index in [0.717, 1.165) is 5.69 Å². The van der Waals surface area contributed by atoms with Gasteiger partial charge in [-0.25, -0.2) is 4.79 Å². The number of carboxylic acids is 1. The second-order valence-corrected chi connectivity index (χ2v) is 2.73. The van der Waals surface area contributed by atoms with Crippen LogP contribution in [0.4, 0.5) is 0 Å². The van der Waals surface area contributed by atoms with Gasteiger partial charge in [0.05, 0.1) is 5.69 Å². The summed E-state index contributed by atoms with van der Waals surface area (Å²) in [5.41, 5.74) is 0.751. The van der Waals surface area contributed by atoms with Crippen LogP contribution >= 0.6 is 0 Å². The van der Waals surface area contributed by atoms with Gasteiger partial charge < -0.3 is 14.4 Å². The van der Waals surface area contributed by atoms with Gasteiger partial charge in [-0.15, -0.1) is 0 Å². The molecule has 0 aromatic carbocycles. The fourth-order valence-electron chi connectivity index (χ4n) is 0.763. The topological polar surface area (TPSA) is 72.6 Å². The molecule has 1 heterocycles. The van der Waals surface area contributed by atoms with Gasteiger partial charge in [-0.1, -0.05) is 5.16 Å². The highest BCUT2D eigenvalue weighted by atomic mass is 16.5. The maximum absolute atomic E-state index is 10.4. The van der Waals surface area contributed by atoms with Crippen LogP contribution in [-0.2, 0) is 16.1 Å². The van der Waals surface area contributed by atoms with Crippen LogP contribution in [0.3, 0.4) is 0 Å². The number of hydrogen-bond donors (Lipinski definition) is 1. The number of ether oxygens (including phenoxy) is 1. The predicted octanol–water partition coefficient (Wildman–Crippen LogP) is 0.973. The Kier molecular flexibility index (Phi) is 3.02. The lowest BCUT2D eigenvalue weighted by Crippen LogP contribution is -2.19. The Hall–Kier alpha value is -1.36. The fourth-order valence-corrected chi connectivity index (χ4v) is 0.763. The first-order valence-corrected chi connectivity index (χ1v) is 3.86. The molecular formula is C8H11NO4. The van der Waals surface area contributed by atoms with E-state index >= 15 is 0 Å². The van der Waals surface area contributed by atoms with Gasteiger partial charge in [-0.05, 0) is 13.8 Å². The zero-order valence-corrected chi connectivity index (χ0v) is 7.48. The molecule has 5 heteroatoms. The molecule has 0 fully saturated rings. The van der Waals surface area contributed by atoms with Gasteiger partial charge in [-0.3, -0.25) is 0 Å². The highest BCUT2D eigenvalue weighted by Gasteiger charge is 2.12. The third kappa shape index (κ3) is 2.87. The molecule has 1 atom stereocenters. The van der Waals surface area contributed by atoms with E-state index < -0.39 is 12.1 Å². The van der Waals surface area contributed by atoms with Crippen molar-refractivity contribution in [3.63, 3.8) is 0 Å². The number of carbonyl (C=O) groups is 1. The molecule has 72 valence electrons. The number of carboxylic acid groups (broad SMARTS) is 1. The minimum Gasteiger partial charge on any atom is -0.479 e. The van der Waals surface area contributed by atoms with Crippen LogP contribution in [0.5, 0.6) is 0 Å². The number of nitrogens with zero attached hydrogens (tertiary/aromatic N) is 1. The molecule has 0 amide bonds. The number of aryl methyl sites for hydroxylation is 1. The van der Waals surface area contributed by atoms with Crippen molar-refractivity contribution >= 4 is 5.97 Å². The zero-order chi connectivity index (χ0) is 9.84.